The van der Waals surface area contributed by atoms with Gasteiger partial charge in [0.2, 0.25) is 0 Å². The number of aromatic nitrogens is 2. The molecule has 0 bridgehead atoms. The third-order valence-electron chi connectivity index (χ3n) is 2.05. The molecular weight excluding hydrogens is 168 g/mol. The molecular formula is C9H14N2O2. The van der Waals surface area contributed by atoms with Gasteiger partial charge in [-0.1, -0.05) is 0 Å². The van der Waals surface area contributed by atoms with Crippen LogP contribution in [0, 0.1) is 13.8 Å². The molecule has 1 aromatic heterocycles. The summed E-state index contributed by atoms with van der Waals surface area (Å²) in [6.45, 7) is 4.71. The van der Waals surface area contributed by atoms with Gasteiger partial charge in [0, 0.05) is 18.4 Å². The van der Waals surface area contributed by atoms with Crippen molar-refractivity contribution in [3.8, 4) is 0 Å². The highest BCUT2D eigenvalue weighted by atomic mass is 16.5. The second-order valence-electron chi connectivity index (χ2n) is 2.95. The zero-order valence-electron chi connectivity index (χ0n) is 8.20. The molecule has 72 valence electrons. The average molecular weight is 182 g/mol. The molecule has 0 amide bonds. The molecule has 0 spiro atoms. The van der Waals surface area contributed by atoms with Gasteiger partial charge in [0.05, 0.1) is 19.5 Å². The lowest BCUT2D eigenvalue weighted by molar-refractivity contribution is 0.185. The number of hydrogen-bond donors (Lipinski definition) is 0. The van der Waals surface area contributed by atoms with Crippen molar-refractivity contribution in [1.82, 2.24) is 9.55 Å². The Hall–Kier alpha value is -1.16. The van der Waals surface area contributed by atoms with Crippen LogP contribution in [0.2, 0.25) is 0 Å². The van der Waals surface area contributed by atoms with Crippen LogP contribution in [-0.4, -0.2) is 23.3 Å². The maximum absolute atomic E-state index is 11.6. The lowest BCUT2D eigenvalue weighted by atomic mass is 10.3. The first-order chi connectivity index (χ1) is 6.16. The van der Waals surface area contributed by atoms with Gasteiger partial charge in [0.15, 0.2) is 0 Å². The lowest BCUT2D eigenvalue weighted by Gasteiger charge is -2.06. The van der Waals surface area contributed by atoms with Crippen LogP contribution < -0.4 is 5.56 Å². The number of hydrogen-bond acceptors (Lipinski definition) is 3. The number of nitrogens with zero attached hydrogens (tertiary/aromatic N) is 2. The molecule has 13 heavy (non-hydrogen) atoms. The minimum atomic E-state index is 0.0181. The fraction of sp³-hybridized carbons (Fsp3) is 0.556. The van der Waals surface area contributed by atoms with Gasteiger partial charge < -0.3 is 4.74 Å². The molecule has 0 N–H and O–H groups in total. The van der Waals surface area contributed by atoms with E-state index in [-0.39, 0.29) is 5.56 Å². The van der Waals surface area contributed by atoms with E-state index in [1.165, 1.54) is 0 Å². The van der Waals surface area contributed by atoms with Gasteiger partial charge in [-0.2, -0.15) is 0 Å². The molecule has 4 heteroatoms. The van der Waals surface area contributed by atoms with Crippen molar-refractivity contribution in [1.29, 1.82) is 0 Å². The van der Waals surface area contributed by atoms with Crippen LogP contribution in [0.3, 0.4) is 0 Å². The molecule has 0 aliphatic rings. The number of ether oxygens (including phenoxy) is 1. The van der Waals surface area contributed by atoms with Crippen molar-refractivity contribution in [2.24, 2.45) is 0 Å². The minimum Gasteiger partial charge on any atom is -0.383 e. The molecule has 1 aromatic rings. The Morgan fingerprint density at radius 1 is 1.54 bits per heavy atom. The summed E-state index contributed by atoms with van der Waals surface area (Å²) in [6.07, 6.45) is 1.56. The Bertz CT molecular complexity index is 344. The van der Waals surface area contributed by atoms with Gasteiger partial charge in [-0.3, -0.25) is 9.36 Å². The second kappa shape index (κ2) is 4.18. The van der Waals surface area contributed by atoms with Crippen molar-refractivity contribution in [3.63, 3.8) is 0 Å². The SMILES string of the molecule is COCCn1cnc(C)c(C)c1=O. The van der Waals surface area contributed by atoms with Gasteiger partial charge >= 0.3 is 0 Å². The number of methoxy groups -OCH3 is 1. The molecule has 0 aliphatic heterocycles. The molecule has 0 saturated carbocycles. The molecule has 0 fully saturated rings. The van der Waals surface area contributed by atoms with Crippen LogP contribution in [0.25, 0.3) is 0 Å². The number of rotatable bonds is 3. The molecule has 4 nitrogen and oxygen atoms in total. The van der Waals surface area contributed by atoms with E-state index in [0.29, 0.717) is 18.7 Å². The van der Waals surface area contributed by atoms with Crippen LogP contribution in [0.15, 0.2) is 11.1 Å². The molecule has 1 rings (SSSR count). The van der Waals surface area contributed by atoms with Gasteiger partial charge in [0.1, 0.15) is 0 Å². The monoisotopic (exact) mass is 182 g/mol. The van der Waals surface area contributed by atoms with Crippen LogP contribution >= 0.6 is 0 Å². The summed E-state index contributed by atoms with van der Waals surface area (Å²) in [4.78, 5) is 15.7. The lowest BCUT2D eigenvalue weighted by Crippen LogP contribution is -2.25. The molecule has 0 aromatic carbocycles. The van der Waals surface area contributed by atoms with Gasteiger partial charge in [-0.15, -0.1) is 0 Å². The topological polar surface area (TPSA) is 44.1 Å². The molecule has 0 atom stereocenters. The van der Waals surface area contributed by atoms with Crippen molar-refractivity contribution in [2.75, 3.05) is 13.7 Å². The zero-order valence-corrected chi connectivity index (χ0v) is 8.20. The highest BCUT2D eigenvalue weighted by molar-refractivity contribution is 5.12. The van der Waals surface area contributed by atoms with Crippen molar-refractivity contribution in [2.45, 2.75) is 20.4 Å². The van der Waals surface area contributed by atoms with Gasteiger partial charge in [-0.25, -0.2) is 4.98 Å². The van der Waals surface area contributed by atoms with Crippen molar-refractivity contribution in [3.05, 3.63) is 27.9 Å². The fourth-order valence-corrected chi connectivity index (χ4v) is 1.02. The third-order valence-corrected chi connectivity index (χ3v) is 2.05. The summed E-state index contributed by atoms with van der Waals surface area (Å²) in [5.74, 6) is 0. The van der Waals surface area contributed by atoms with Crippen LogP contribution in [0.1, 0.15) is 11.3 Å². The van der Waals surface area contributed by atoms with Crippen LogP contribution in [0.5, 0.6) is 0 Å². The largest absolute Gasteiger partial charge is 0.383 e. The predicted octanol–water partition coefficient (Wildman–Crippen LogP) is 0.507. The van der Waals surface area contributed by atoms with E-state index in [2.05, 4.69) is 4.98 Å². The number of aryl methyl sites for hydroxylation is 1. The second-order valence-corrected chi connectivity index (χ2v) is 2.95. The summed E-state index contributed by atoms with van der Waals surface area (Å²) < 4.78 is 6.44. The Kier molecular flexibility index (Phi) is 3.19. The molecule has 0 unspecified atom stereocenters. The van der Waals surface area contributed by atoms with E-state index in [9.17, 15) is 4.79 Å². The molecule has 0 radical (unpaired) electrons. The molecule has 0 saturated heterocycles. The first-order valence-corrected chi connectivity index (χ1v) is 4.18. The van der Waals surface area contributed by atoms with Crippen molar-refractivity contribution >= 4 is 0 Å². The highest BCUT2D eigenvalue weighted by Gasteiger charge is 2.02. The van der Waals surface area contributed by atoms with Crippen LogP contribution in [0.4, 0.5) is 0 Å². The normalized spacial score (nSPS) is 10.4. The maximum Gasteiger partial charge on any atom is 0.256 e. The van der Waals surface area contributed by atoms with E-state index in [4.69, 9.17) is 4.74 Å². The summed E-state index contributed by atoms with van der Waals surface area (Å²) >= 11 is 0. The smallest absolute Gasteiger partial charge is 0.256 e. The first kappa shape index (κ1) is 9.92. The summed E-state index contributed by atoms with van der Waals surface area (Å²) in [5, 5.41) is 0. The summed E-state index contributed by atoms with van der Waals surface area (Å²) in [7, 11) is 1.61. The fourth-order valence-electron chi connectivity index (χ4n) is 1.02. The zero-order chi connectivity index (χ0) is 9.84. The predicted molar refractivity (Wildman–Crippen MR) is 49.8 cm³/mol. The Labute approximate surface area is 77.2 Å². The average Bonchev–Trinajstić information content (AvgIpc) is 2.13. The van der Waals surface area contributed by atoms with E-state index in [1.54, 1.807) is 24.9 Å². The summed E-state index contributed by atoms with van der Waals surface area (Å²) in [6, 6.07) is 0. The maximum atomic E-state index is 11.6. The van der Waals surface area contributed by atoms with Crippen molar-refractivity contribution < 1.29 is 4.74 Å². The van der Waals surface area contributed by atoms with Crippen LogP contribution in [-0.2, 0) is 11.3 Å². The van der Waals surface area contributed by atoms with E-state index < -0.39 is 0 Å². The first-order valence-electron chi connectivity index (χ1n) is 4.18. The Balaban J connectivity index is 2.97. The molecule has 0 aliphatic carbocycles. The minimum absolute atomic E-state index is 0.0181. The quantitative estimate of drug-likeness (QED) is 0.684. The van der Waals surface area contributed by atoms with Gasteiger partial charge in [0.25, 0.3) is 5.56 Å². The van der Waals surface area contributed by atoms with Gasteiger partial charge in [-0.05, 0) is 13.8 Å². The van der Waals surface area contributed by atoms with E-state index in [0.717, 1.165) is 5.69 Å². The Morgan fingerprint density at radius 2 is 2.23 bits per heavy atom. The Morgan fingerprint density at radius 3 is 2.85 bits per heavy atom. The highest BCUT2D eigenvalue weighted by Crippen LogP contribution is 1.94. The molecule has 1 heterocycles. The van der Waals surface area contributed by atoms with E-state index >= 15 is 0 Å². The van der Waals surface area contributed by atoms with E-state index in [1.807, 2.05) is 6.92 Å². The third kappa shape index (κ3) is 2.15. The summed E-state index contributed by atoms with van der Waals surface area (Å²) in [5.41, 5.74) is 1.52. The standard InChI is InChI=1S/C9H14N2O2/c1-7-8(2)10-6-11(9(7)12)4-5-13-3/h6H,4-5H2,1-3H3.